The molecule has 4 bridgehead atoms. The van der Waals surface area contributed by atoms with Gasteiger partial charge in [-0.25, -0.2) is 4.98 Å². The summed E-state index contributed by atoms with van der Waals surface area (Å²) in [4.78, 5) is 16.8. The van der Waals surface area contributed by atoms with Crippen LogP contribution < -0.4 is 5.32 Å². The van der Waals surface area contributed by atoms with Crippen molar-refractivity contribution in [3.63, 3.8) is 0 Å². The summed E-state index contributed by atoms with van der Waals surface area (Å²) < 4.78 is 0. The Labute approximate surface area is 155 Å². The highest BCUT2D eigenvalue weighted by Crippen LogP contribution is 2.21. The number of carbonyl (C=O) groups excluding carboxylic acids is 1. The van der Waals surface area contributed by atoms with Crippen LogP contribution in [0.25, 0.3) is 0 Å². The van der Waals surface area contributed by atoms with Crippen LogP contribution in [0.4, 0.5) is 11.5 Å². The van der Waals surface area contributed by atoms with Gasteiger partial charge in [-0.05, 0) is 60.6 Å². The summed E-state index contributed by atoms with van der Waals surface area (Å²) in [7, 11) is 0. The molecule has 1 aromatic carbocycles. The molecule has 1 N–H and O–H groups in total. The summed E-state index contributed by atoms with van der Waals surface area (Å²) in [5.41, 5.74) is 4.62. The highest BCUT2D eigenvalue weighted by Gasteiger charge is 2.10. The number of rotatable bonds is 1. The second-order valence-corrected chi connectivity index (χ2v) is 7.04. The number of ketones is 1. The molecule has 3 rings (SSSR count). The molecule has 3 heteroatoms. The largest absolute Gasteiger partial charge is 0.340 e. The number of pyridine rings is 1. The molecule has 26 heavy (non-hydrogen) atoms. The van der Waals surface area contributed by atoms with E-state index in [2.05, 4.69) is 54.1 Å². The highest BCUT2D eigenvalue weighted by atomic mass is 16.1. The molecule has 2 aromatic rings. The Balaban J connectivity index is 1.89. The quantitative estimate of drug-likeness (QED) is 0.750. The van der Waals surface area contributed by atoms with Gasteiger partial charge < -0.3 is 5.32 Å². The molecule has 0 aliphatic carbocycles. The minimum atomic E-state index is 0.240. The maximum absolute atomic E-state index is 12.3. The first kappa shape index (κ1) is 18.1. The standard InChI is InChI=1S/C23H26N2O/c1-3-18-7-8-20-11-12-24-23(16-20)25-21-6-4-5-19(15-21)9-10-22(26)14-17(2)13-18/h3-6,11-13,15-17H,1,7-10,14H2,2H3,(H,24,25). The third-order valence-corrected chi connectivity index (χ3v) is 4.73. The summed E-state index contributed by atoms with van der Waals surface area (Å²) in [5, 5.41) is 3.38. The lowest BCUT2D eigenvalue weighted by Crippen LogP contribution is -2.06. The second kappa shape index (κ2) is 8.61. The van der Waals surface area contributed by atoms with E-state index >= 15 is 0 Å². The topological polar surface area (TPSA) is 42.0 Å². The summed E-state index contributed by atoms with van der Waals surface area (Å²) in [5.74, 6) is 1.40. The number of benzene rings is 1. The molecule has 1 aliphatic heterocycles. The molecular weight excluding hydrogens is 320 g/mol. The maximum Gasteiger partial charge on any atom is 0.133 e. The average molecular weight is 346 g/mol. The lowest BCUT2D eigenvalue weighted by atomic mass is 9.95. The van der Waals surface area contributed by atoms with Gasteiger partial charge in [0.1, 0.15) is 11.6 Å². The summed E-state index contributed by atoms with van der Waals surface area (Å²) in [6.07, 6.45) is 9.74. The number of Topliss-reactive ketones (excluding diaryl/α,β-unsaturated/α-hetero) is 1. The normalized spacial score (nSPS) is 18.6. The van der Waals surface area contributed by atoms with Gasteiger partial charge in [-0.3, -0.25) is 4.79 Å². The fourth-order valence-electron chi connectivity index (χ4n) is 3.36. The number of hydrogen-bond donors (Lipinski definition) is 1. The van der Waals surface area contributed by atoms with E-state index in [1.54, 1.807) is 0 Å². The van der Waals surface area contributed by atoms with Crippen LogP contribution in [0.2, 0.25) is 0 Å². The first-order valence-corrected chi connectivity index (χ1v) is 9.28. The SMILES string of the molecule is C=CC1=CC(C)CC(=O)CCc2cccc(c2)Nc2cc(ccn2)CC1. The Bertz CT molecular complexity index is 822. The first-order valence-electron chi connectivity index (χ1n) is 9.28. The zero-order valence-electron chi connectivity index (χ0n) is 15.4. The van der Waals surface area contributed by atoms with E-state index in [9.17, 15) is 4.79 Å². The summed E-state index contributed by atoms with van der Waals surface area (Å²) in [6.45, 7) is 6.05. The number of nitrogens with one attached hydrogen (secondary N) is 1. The fourth-order valence-corrected chi connectivity index (χ4v) is 3.36. The molecule has 1 atom stereocenters. The third kappa shape index (κ3) is 5.16. The van der Waals surface area contributed by atoms with Gasteiger partial charge in [0.05, 0.1) is 0 Å². The minimum Gasteiger partial charge on any atom is -0.340 e. The van der Waals surface area contributed by atoms with Crippen molar-refractivity contribution < 1.29 is 4.79 Å². The van der Waals surface area contributed by atoms with Crippen LogP contribution in [-0.4, -0.2) is 10.8 Å². The monoisotopic (exact) mass is 346 g/mol. The number of nitrogens with zero attached hydrogens (tertiary/aromatic N) is 1. The number of fused-ring (bicyclic) bond motifs is 4. The predicted molar refractivity (Wildman–Crippen MR) is 108 cm³/mol. The molecule has 134 valence electrons. The van der Waals surface area contributed by atoms with Gasteiger partial charge in [-0.2, -0.15) is 0 Å². The van der Waals surface area contributed by atoms with E-state index < -0.39 is 0 Å². The molecule has 0 spiro atoms. The lowest BCUT2D eigenvalue weighted by molar-refractivity contribution is -0.119. The zero-order valence-corrected chi connectivity index (χ0v) is 15.4. The van der Waals surface area contributed by atoms with Gasteiger partial charge in [0, 0.05) is 24.7 Å². The third-order valence-electron chi connectivity index (χ3n) is 4.73. The van der Waals surface area contributed by atoms with E-state index in [1.165, 1.54) is 16.7 Å². The molecule has 1 unspecified atom stereocenters. The predicted octanol–water partition coefficient (Wildman–Crippen LogP) is 5.41. The first-order chi connectivity index (χ1) is 12.6. The lowest BCUT2D eigenvalue weighted by Gasteiger charge is -2.12. The molecule has 0 amide bonds. The second-order valence-electron chi connectivity index (χ2n) is 7.04. The number of carbonyl (C=O) groups is 1. The number of aromatic nitrogens is 1. The van der Waals surface area contributed by atoms with E-state index in [4.69, 9.17) is 0 Å². The van der Waals surface area contributed by atoms with Gasteiger partial charge in [0.15, 0.2) is 0 Å². The van der Waals surface area contributed by atoms with Crippen LogP contribution in [-0.2, 0) is 17.6 Å². The number of anilines is 2. The van der Waals surface area contributed by atoms with E-state index in [1.807, 2.05) is 24.4 Å². The maximum atomic E-state index is 12.3. The number of aryl methyl sites for hydroxylation is 2. The molecule has 2 heterocycles. The smallest absolute Gasteiger partial charge is 0.133 e. The molecule has 3 nitrogen and oxygen atoms in total. The van der Waals surface area contributed by atoms with Gasteiger partial charge in [0.25, 0.3) is 0 Å². The van der Waals surface area contributed by atoms with Gasteiger partial charge >= 0.3 is 0 Å². The molecule has 1 aliphatic rings. The van der Waals surface area contributed by atoms with Crippen molar-refractivity contribution in [1.82, 2.24) is 4.98 Å². The Kier molecular flexibility index (Phi) is 6.00. The van der Waals surface area contributed by atoms with Crippen LogP contribution in [0.15, 0.2) is 66.9 Å². The van der Waals surface area contributed by atoms with E-state index in [0.29, 0.717) is 18.6 Å². The van der Waals surface area contributed by atoms with Crippen molar-refractivity contribution in [1.29, 1.82) is 0 Å². The fraction of sp³-hybridized carbons (Fsp3) is 0.304. The van der Waals surface area contributed by atoms with Crippen LogP contribution in [0.5, 0.6) is 0 Å². The molecular formula is C23H26N2O. The van der Waals surface area contributed by atoms with Crippen LogP contribution in [0.1, 0.15) is 37.3 Å². The molecule has 0 fully saturated rings. The molecule has 0 saturated carbocycles. The van der Waals surface area contributed by atoms with Gasteiger partial charge in [-0.1, -0.05) is 43.4 Å². The van der Waals surface area contributed by atoms with Crippen molar-refractivity contribution >= 4 is 17.3 Å². The summed E-state index contributed by atoms with van der Waals surface area (Å²) >= 11 is 0. The zero-order chi connectivity index (χ0) is 18.4. The Morgan fingerprint density at radius 2 is 1.92 bits per heavy atom. The average Bonchev–Trinajstić information content (AvgIpc) is 2.63. The number of allylic oxidation sites excluding steroid dienone is 3. The van der Waals surface area contributed by atoms with Crippen LogP contribution in [0, 0.1) is 5.92 Å². The van der Waals surface area contributed by atoms with Crippen LogP contribution >= 0.6 is 0 Å². The van der Waals surface area contributed by atoms with Crippen molar-refractivity contribution in [2.24, 2.45) is 5.92 Å². The molecule has 0 radical (unpaired) electrons. The van der Waals surface area contributed by atoms with Crippen molar-refractivity contribution in [2.45, 2.75) is 39.0 Å². The van der Waals surface area contributed by atoms with Crippen molar-refractivity contribution in [3.05, 3.63) is 78.0 Å². The Morgan fingerprint density at radius 3 is 2.77 bits per heavy atom. The van der Waals surface area contributed by atoms with Crippen molar-refractivity contribution in [3.8, 4) is 0 Å². The summed E-state index contributed by atoms with van der Waals surface area (Å²) in [6, 6.07) is 12.4. The minimum absolute atomic E-state index is 0.240. The molecule has 0 saturated heterocycles. The Hall–Kier alpha value is -2.68. The Morgan fingerprint density at radius 1 is 1.12 bits per heavy atom. The van der Waals surface area contributed by atoms with E-state index in [-0.39, 0.29) is 5.92 Å². The molecule has 1 aromatic heterocycles. The van der Waals surface area contributed by atoms with Crippen LogP contribution in [0.3, 0.4) is 0 Å². The van der Waals surface area contributed by atoms with Crippen molar-refractivity contribution in [2.75, 3.05) is 5.32 Å². The van der Waals surface area contributed by atoms with Gasteiger partial charge in [-0.15, -0.1) is 0 Å². The van der Waals surface area contributed by atoms with Gasteiger partial charge in [0.2, 0.25) is 0 Å². The highest BCUT2D eigenvalue weighted by molar-refractivity contribution is 5.79. The number of hydrogen-bond acceptors (Lipinski definition) is 3. The van der Waals surface area contributed by atoms with E-state index in [0.717, 1.165) is 30.8 Å².